The van der Waals surface area contributed by atoms with Crippen LogP contribution in [-0.4, -0.2) is 134 Å². The Kier molecular flexibility index (Phi) is 13.0. The number of hydrogen-bond acceptors (Lipinski definition) is 11. The Morgan fingerprint density at radius 2 is 1.55 bits per heavy atom. The van der Waals surface area contributed by atoms with Gasteiger partial charge in [0.2, 0.25) is 29.5 Å². The van der Waals surface area contributed by atoms with Gasteiger partial charge in [0, 0.05) is 100 Å². The van der Waals surface area contributed by atoms with Crippen LogP contribution in [0, 0.1) is 11.8 Å². The van der Waals surface area contributed by atoms with Gasteiger partial charge < -0.3 is 34.4 Å². The summed E-state index contributed by atoms with van der Waals surface area (Å²) in [5.74, 6) is 1.86. The molecule has 386 valence electrons. The van der Waals surface area contributed by atoms with Crippen LogP contribution in [0.3, 0.4) is 0 Å². The minimum Gasteiger partial charge on any atom is -0.366 e. The number of nitrogens with zero attached hydrogens (tertiary/aromatic N) is 9. The van der Waals surface area contributed by atoms with Gasteiger partial charge in [-0.2, -0.15) is 0 Å². The summed E-state index contributed by atoms with van der Waals surface area (Å²) in [6.45, 7) is 10.7. The van der Waals surface area contributed by atoms with Crippen LogP contribution in [0.5, 0.6) is 0 Å². The van der Waals surface area contributed by atoms with Crippen LogP contribution in [0.4, 0.5) is 17.3 Å². The minimum atomic E-state index is -0.671. The van der Waals surface area contributed by atoms with Crippen molar-refractivity contribution in [2.75, 3.05) is 67.5 Å². The van der Waals surface area contributed by atoms with Crippen LogP contribution < -0.4 is 20.4 Å². The summed E-state index contributed by atoms with van der Waals surface area (Å²) in [5.41, 5.74) is 6.07. The summed E-state index contributed by atoms with van der Waals surface area (Å²) in [7, 11) is 0. The lowest BCUT2D eigenvalue weighted by Crippen LogP contribution is -2.58. The van der Waals surface area contributed by atoms with Crippen molar-refractivity contribution in [3.05, 3.63) is 60.0 Å². The highest BCUT2D eigenvalue weighted by Crippen LogP contribution is 2.52. The molecule has 7 fully saturated rings. The van der Waals surface area contributed by atoms with E-state index >= 15 is 4.79 Å². The zero-order chi connectivity index (χ0) is 50.0. The quantitative estimate of drug-likeness (QED) is 0.136. The molecule has 16 heteroatoms. The molecule has 2 aliphatic carbocycles. The first-order chi connectivity index (χ1) is 35.5. The number of benzene rings is 1. The van der Waals surface area contributed by atoms with Crippen molar-refractivity contribution in [1.82, 2.24) is 39.5 Å². The van der Waals surface area contributed by atoms with Gasteiger partial charge in [-0.15, -0.1) is 0 Å². The van der Waals surface area contributed by atoms with Gasteiger partial charge in [-0.05, 0) is 152 Å². The van der Waals surface area contributed by atoms with Crippen LogP contribution >= 0.6 is 0 Å². The highest BCUT2D eigenvalue weighted by atomic mass is 16.2. The Hall–Kier alpha value is -5.90. The molecule has 0 unspecified atom stereocenters. The normalized spacial score (nSPS) is 25.9. The molecule has 9 heterocycles. The van der Waals surface area contributed by atoms with Gasteiger partial charge in [0.25, 0.3) is 0 Å². The second-order valence-electron chi connectivity index (χ2n) is 23.3. The Morgan fingerprint density at radius 1 is 0.781 bits per heavy atom. The summed E-state index contributed by atoms with van der Waals surface area (Å²) < 4.78 is 2.20. The van der Waals surface area contributed by atoms with Crippen LogP contribution in [0.1, 0.15) is 146 Å². The number of pyridine rings is 2. The molecule has 5 amide bonds. The maximum Gasteiger partial charge on any atom is 0.238 e. The largest absolute Gasteiger partial charge is 0.366 e. The Morgan fingerprint density at radius 3 is 2.27 bits per heavy atom. The summed E-state index contributed by atoms with van der Waals surface area (Å²) in [4.78, 5) is 93.1. The van der Waals surface area contributed by atoms with E-state index in [1.807, 2.05) is 28.3 Å². The van der Waals surface area contributed by atoms with E-state index in [0.29, 0.717) is 76.2 Å². The Labute approximate surface area is 429 Å². The van der Waals surface area contributed by atoms with E-state index in [4.69, 9.17) is 9.97 Å². The first kappa shape index (κ1) is 48.1. The number of fused-ring (bicyclic) bond motifs is 3. The monoisotopic (exact) mass is 992 g/mol. The lowest BCUT2D eigenvalue weighted by molar-refractivity contribution is -0.139. The number of imide groups is 1. The molecule has 1 aromatic carbocycles. The summed E-state index contributed by atoms with van der Waals surface area (Å²) in [5, 5.41) is 6.14. The van der Waals surface area contributed by atoms with E-state index in [1.165, 1.54) is 19.3 Å². The molecule has 3 aromatic heterocycles. The van der Waals surface area contributed by atoms with Crippen molar-refractivity contribution in [3.8, 4) is 11.3 Å². The zero-order valence-electron chi connectivity index (χ0n) is 42.9. The fourth-order valence-corrected chi connectivity index (χ4v) is 13.6. The zero-order valence-corrected chi connectivity index (χ0v) is 42.9. The molecular weight excluding hydrogens is 919 g/mol. The van der Waals surface area contributed by atoms with Crippen molar-refractivity contribution in [1.29, 1.82) is 0 Å². The third-order valence-electron chi connectivity index (χ3n) is 18.2. The molecule has 6 aliphatic heterocycles. The third kappa shape index (κ3) is 9.39. The van der Waals surface area contributed by atoms with Crippen molar-refractivity contribution in [2.45, 2.75) is 159 Å². The van der Waals surface area contributed by atoms with E-state index in [-0.39, 0.29) is 53.5 Å². The molecule has 5 saturated heterocycles. The molecule has 12 rings (SSSR count). The number of hydrogen-bond donors (Lipinski definition) is 2. The number of carbonyl (C=O) groups excluding carboxylic acids is 5. The number of amides is 5. The van der Waals surface area contributed by atoms with Crippen LogP contribution in [-0.2, 0) is 29.4 Å². The standard InChI is InChI=1S/C57H73N11O5/c1-36(2)67-35-59-47-32-46(61-54(53(47)67)60-41-10-11-41)39-8-13-45-48(29-39)68(43-30-42(31-43)63-20-4-3-5-21-63)56(73)57(45)18-25-65(26-19-57)51(70)28-38-7-6-22-66(34-38)52(71)27-37-16-23-64(24-17-37)49-14-9-40(33-58-49)44-12-15-50(69)62-55(44)72/h8-9,13-14,29,32-33,35-38,41-44H,3-7,10-12,15-28,30-31,34H2,1-2H3,(H,60,61)(H,62,69,72)/t38-,42?,43?,44+/m0/s1. The van der Waals surface area contributed by atoms with E-state index in [9.17, 15) is 19.2 Å². The smallest absolute Gasteiger partial charge is 0.238 e. The summed E-state index contributed by atoms with van der Waals surface area (Å²) in [6.07, 6.45) is 18.4. The predicted molar refractivity (Wildman–Crippen MR) is 280 cm³/mol. The minimum absolute atomic E-state index is 0.123. The van der Waals surface area contributed by atoms with Gasteiger partial charge in [0.15, 0.2) is 5.82 Å². The fourth-order valence-electron chi connectivity index (χ4n) is 13.6. The molecule has 0 bridgehead atoms. The summed E-state index contributed by atoms with van der Waals surface area (Å²) in [6, 6.07) is 13.9. The predicted octanol–water partition coefficient (Wildman–Crippen LogP) is 7.33. The van der Waals surface area contributed by atoms with Crippen molar-refractivity contribution in [2.24, 2.45) is 11.8 Å². The van der Waals surface area contributed by atoms with E-state index in [1.54, 1.807) is 6.20 Å². The van der Waals surface area contributed by atoms with Gasteiger partial charge in [-0.1, -0.05) is 24.6 Å². The van der Waals surface area contributed by atoms with Gasteiger partial charge in [0.1, 0.15) is 11.3 Å². The number of carbonyl (C=O) groups is 5. The number of rotatable bonds is 12. The van der Waals surface area contributed by atoms with E-state index < -0.39 is 5.41 Å². The number of piperidine rings is 5. The highest BCUT2D eigenvalue weighted by Gasteiger charge is 2.56. The summed E-state index contributed by atoms with van der Waals surface area (Å²) >= 11 is 0. The number of aromatic nitrogens is 4. The highest BCUT2D eigenvalue weighted by molar-refractivity contribution is 6.09. The first-order valence-corrected chi connectivity index (χ1v) is 27.9. The molecule has 1 spiro atoms. The van der Waals surface area contributed by atoms with E-state index in [0.717, 1.165) is 135 Å². The molecule has 8 aliphatic rings. The Bertz CT molecular complexity index is 2760. The first-order valence-electron chi connectivity index (χ1n) is 27.9. The molecule has 16 nitrogen and oxygen atoms in total. The maximum atomic E-state index is 15.2. The average Bonchev–Trinajstić information content (AvgIpc) is 4.05. The van der Waals surface area contributed by atoms with Crippen LogP contribution in [0.25, 0.3) is 22.3 Å². The van der Waals surface area contributed by atoms with E-state index in [2.05, 4.69) is 73.0 Å². The molecule has 73 heavy (non-hydrogen) atoms. The van der Waals surface area contributed by atoms with Crippen LogP contribution in [0.15, 0.2) is 48.9 Å². The number of nitrogens with one attached hydrogen (secondary N) is 2. The number of imidazole rings is 1. The molecule has 0 radical (unpaired) electrons. The number of likely N-dealkylation sites (tertiary alicyclic amines) is 3. The molecule has 2 N–H and O–H groups in total. The molecule has 2 saturated carbocycles. The van der Waals surface area contributed by atoms with Crippen molar-refractivity contribution >= 4 is 57.9 Å². The maximum absolute atomic E-state index is 15.2. The topological polar surface area (TPSA) is 169 Å². The van der Waals surface area contributed by atoms with Gasteiger partial charge in [-0.3, -0.25) is 29.3 Å². The molecular formula is C57H73N11O5. The Balaban J connectivity index is 0.683. The number of anilines is 3. The average molecular weight is 992 g/mol. The lowest BCUT2D eigenvalue weighted by Gasteiger charge is -2.48. The molecule has 4 aromatic rings. The van der Waals surface area contributed by atoms with Crippen molar-refractivity contribution < 1.29 is 24.0 Å². The van der Waals surface area contributed by atoms with Gasteiger partial charge in [-0.25, -0.2) is 15.0 Å². The van der Waals surface area contributed by atoms with Crippen molar-refractivity contribution in [3.63, 3.8) is 0 Å². The third-order valence-corrected chi connectivity index (χ3v) is 18.2. The van der Waals surface area contributed by atoms with Crippen LogP contribution in [0.2, 0.25) is 0 Å². The van der Waals surface area contributed by atoms with Gasteiger partial charge >= 0.3 is 0 Å². The second kappa shape index (κ2) is 19.7. The lowest BCUT2D eigenvalue weighted by atomic mass is 9.73. The molecule has 2 atom stereocenters. The second-order valence-corrected chi connectivity index (χ2v) is 23.3. The fraction of sp³-hybridized carbons (Fsp3) is 0.614. The SMILES string of the molecule is CC(C)n1cnc2cc(-c3ccc4c(c3)N(C3CC(N5CCCCC5)C3)C(=O)C43CCN(C(=O)C[C@@H]4CCCN(C(=O)CC5CCN(c6ccc([C@H]7CCC(=O)NC7=O)cn6)CC5)C4)CC3)nc(NC3CC3)c21. The van der Waals surface area contributed by atoms with Gasteiger partial charge in [0.05, 0.1) is 28.9 Å².